The van der Waals surface area contributed by atoms with Crippen molar-refractivity contribution in [3.63, 3.8) is 0 Å². The predicted molar refractivity (Wildman–Crippen MR) is 102 cm³/mol. The van der Waals surface area contributed by atoms with E-state index in [1.807, 2.05) is 0 Å². The molecule has 138 valence electrons. The molecule has 0 saturated carbocycles. The summed E-state index contributed by atoms with van der Waals surface area (Å²) >= 11 is 5.80. The quantitative estimate of drug-likeness (QED) is 0.720. The fourth-order valence-corrected chi connectivity index (χ4v) is 2.14. The smallest absolute Gasteiger partial charge is 0.338 e. The van der Waals surface area contributed by atoms with Crippen LogP contribution >= 0.6 is 11.6 Å². The number of carbonyl (C=O) groups excluding carboxylic acids is 2. The van der Waals surface area contributed by atoms with E-state index in [-0.39, 0.29) is 0 Å². The van der Waals surface area contributed by atoms with Crippen molar-refractivity contribution in [1.82, 2.24) is 0 Å². The summed E-state index contributed by atoms with van der Waals surface area (Å²) in [6.07, 6.45) is -0.935. The van der Waals surface area contributed by atoms with Crippen LogP contribution in [0.1, 0.15) is 31.1 Å². The number of nitrogens with one attached hydrogen (secondary N) is 1. The van der Waals surface area contributed by atoms with Gasteiger partial charge in [-0.05, 0) is 61.4 Å². The van der Waals surface area contributed by atoms with E-state index in [0.29, 0.717) is 34.5 Å². The molecule has 6 heteroatoms. The molecule has 26 heavy (non-hydrogen) atoms. The molecule has 0 fully saturated rings. The van der Waals surface area contributed by atoms with E-state index in [1.54, 1.807) is 48.5 Å². The maximum absolute atomic E-state index is 12.2. The highest BCUT2D eigenvalue weighted by molar-refractivity contribution is 6.30. The molecule has 0 heterocycles. The van der Waals surface area contributed by atoms with E-state index >= 15 is 0 Å². The summed E-state index contributed by atoms with van der Waals surface area (Å²) in [4.78, 5) is 24.3. The van der Waals surface area contributed by atoms with Crippen molar-refractivity contribution >= 4 is 29.2 Å². The summed E-state index contributed by atoms with van der Waals surface area (Å²) in [5, 5.41) is 3.24. The Morgan fingerprint density at radius 1 is 1.00 bits per heavy atom. The maximum atomic E-state index is 12.2. The zero-order chi connectivity index (χ0) is 19.1. The topological polar surface area (TPSA) is 64.6 Å². The van der Waals surface area contributed by atoms with Crippen molar-refractivity contribution in [3.05, 3.63) is 59.1 Å². The molecule has 0 saturated heterocycles. The highest BCUT2D eigenvalue weighted by atomic mass is 35.5. The number of ether oxygens (including phenoxy) is 2. The van der Waals surface area contributed by atoms with Gasteiger partial charge in [-0.3, -0.25) is 4.79 Å². The molecule has 1 unspecified atom stereocenters. The Labute approximate surface area is 158 Å². The summed E-state index contributed by atoms with van der Waals surface area (Å²) in [6, 6.07) is 13.3. The molecular weight excluding hydrogens is 354 g/mol. The van der Waals surface area contributed by atoms with Crippen molar-refractivity contribution in [3.8, 4) is 5.75 Å². The minimum atomic E-state index is -0.935. The van der Waals surface area contributed by atoms with Crippen LogP contribution in [0.15, 0.2) is 48.5 Å². The Kier molecular flexibility index (Phi) is 7.04. The monoisotopic (exact) mass is 375 g/mol. The number of amides is 1. The first kappa shape index (κ1) is 19.8. The Balaban J connectivity index is 1.89. The van der Waals surface area contributed by atoms with E-state index < -0.39 is 18.0 Å². The summed E-state index contributed by atoms with van der Waals surface area (Å²) < 4.78 is 10.8. The molecule has 0 radical (unpaired) electrons. The van der Waals surface area contributed by atoms with Gasteiger partial charge in [0, 0.05) is 10.7 Å². The average Bonchev–Trinajstić information content (AvgIpc) is 2.62. The van der Waals surface area contributed by atoms with Crippen LogP contribution in [-0.4, -0.2) is 24.6 Å². The van der Waals surface area contributed by atoms with Crippen LogP contribution in [0.3, 0.4) is 0 Å². The number of hydrogen-bond acceptors (Lipinski definition) is 4. The van der Waals surface area contributed by atoms with Crippen molar-refractivity contribution in [2.45, 2.75) is 26.9 Å². The fraction of sp³-hybridized carbons (Fsp3) is 0.300. The standard InChI is InChI=1S/C20H22ClNO4/c1-13(2)12-25-18-10-4-15(5-11-18)20(24)26-14(3)19(23)22-17-8-6-16(21)7-9-17/h4-11,13-14H,12H2,1-3H3,(H,22,23). The van der Waals surface area contributed by atoms with Gasteiger partial charge in [-0.1, -0.05) is 25.4 Å². The lowest BCUT2D eigenvalue weighted by molar-refractivity contribution is -0.123. The second kappa shape index (κ2) is 9.25. The number of anilines is 1. The number of carbonyl (C=O) groups is 2. The molecule has 1 amide bonds. The highest BCUT2D eigenvalue weighted by Gasteiger charge is 2.19. The number of halogens is 1. The van der Waals surface area contributed by atoms with E-state index in [1.165, 1.54) is 6.92 Å². The Morgan fingerprint density at radius 2 is 1.62 bits per heavy atom. The lowest BCUT2D eigenvalue weighted by Crippen LogP contribution is -2.29. The summed E-state index contributed by atoms with van der Waals surface area (Å²) in [7, 11) is 0. The molecule has 2 rings (SSSR count). The molecule has 1 atom stereocenters. The van der Waals surface area contributed by atoms with Crippen LogP contribution < -0.4 is 10.1 Å². The maximum Gasteiger partial charge on any atom is 0.338 e. The van der Waals surface area contributed by atoms with Gasteiger partial charge in [0.1, 0.15) is 5.75 Å². The summed E-state index contributed by atoms with van der Waals surface area (Å²) in [6.45, 7) is 6.24. The van der Waals surface area contributed by atoms with E-state index in [4.69, 9.17) is 21.1 Å². The molecule has 0 spiro atoms. The number of rotatable bonds is 7. The second-order valence-corrected chi connectivity index (χ2v) is 6.71. The van der Waals surface area contributed by atoms with Crippen molar-refractivity contribution < 1.29 is 19.1 Å². The van der Waals surface area contributed by atoms with Crippen LogP contribution in [0.4, 0.5) is 5.69 Å². The lowest BCUT2D eigenvalue weighted by atomic mass is 10.2. The zero-order valence-corrected chi connectivity index (χ0v) is 15.7. The Hall–Kier alpha value is -2.53. The van der Waals surface area contributed by atoms with Crippen LogP contribution in [-0.2, 0) is 9.53 Å². The Bertz CT molecular complexity index is 741. The zero-order valence-electron chi connectivity index (χ0n) is 15.0. The van der Waals surface area contributed by atoms with Gasteiger partial charge in [0.2, 0.25) is 0 Å². The fourth-order valence-electron chi connectivity index (χ4n) is 2.01. The SMILES string of the molecule is CC(C)COc1ccc(C(=O)OC(C)C(=O)Nc2ccc(Cl)cc2)cc1. The third-order valence-corrected chi connectivity index (χ3v) is 3.69. The average molecular weight is 376 g/mol. The van der Waals surface area contributed by atoms with Gasteiger partial charge in [0.25, 0.3) is 5.91 Å². The van der Waals surface area contributed by atoms with Gasteiger partial charge >= 0.3 is 5.97 Å². The predicted octanol–water partition coefficient (Wildman–Crippen LogP) is 4.56. The molecule has 2 aromatic rings. The van der Waals surface area contributed by atoms with E-state index in [2.05, 4.69) is 19.2 Å². The lowest BCUT2D eigenvalue weighted by Gasteiger charge is -2.14. The second-order valence-electron chi connectivity index (χ2n) is 6.27. The van der Waals surface area contributed by atoms with Gasteiger partial charge < -0.3 is 14.8 Å². The summed E-state index contributed by atoms with van der Waals surface area (Å²) in [5.74, 6) is 0.111. The number of benzene rings is 2. The van der Waals surface area contributed by atoms with Crippen molar-refractivity contribution in [2.75, 3.05) is 11.9 Å². The molecule has 5 nitrogen and oxygen atoms in total. The normalized spacial score (nSPS) is 11.7. The molecule has 0 aliphatic heterocycles. The summed E-state index contributed by atoms with van der Waals surface area (Å²) in [5.41, 5.74) is 0.932. The molecule has 1 N–H and O–H groups in total. The van der Waals surface area contributed by atoms with Crippen LogP contribution in [0.25, 0.3) is 0 Å². The Morgan fingerprint density at radius 3 is 2.19 bits per heavy atom. The van der Waals surface area contributed by atoms with Gasteiger partial charge in [0.15, 0.2) is 6.10 Å². The molecule has 0 bridgehead atoms. The first-order valence-electron chi connectivity index (χ1n) is 8.35. The molecule has 0 aliphatic rings. The van der Waals surface area contributed by atoms with Crippen LogP contribution in [0.5, 0.6) is 5.75 Å². The first-order chi connectivity index (χ1) is 12.3. The van der Waals surface area contributed by atoms with Crippen LogP contribution in [0, 0.1) is 5.92 Å². The highest BCUT2D eigenvalue weighted by Crippen LogP contribution is 2.16. The van der Waals surface area contributed by atoms with Gasteiger partial charge in [-0.15, -0.1) is 0 Å². The number of hydrogen-bond donors (Lipinski definition) is 1. The minimum absolute atomic E-state index is 0.355. The number of esters is 1. The molecular formula is C20H22ClNO4. The molecule has 2 aromatic carbocycles. The van der Waals surface area contributed by atoms with Crippen molar-refractivity contribution in [2.24, 2.45) is 5.92 Å². The van der Waals surface area contributed by atoms with Crippen LogP contribution in [0.2, 0.25) is 5.02 Å². The molecule has 0 aromatic heterocycles. The minimum Gasteiger partial charge on any atom is -0.493 e. The van der Waals surface area contributed by atoms with Gasteiger partial charge in [-0.2, -0.15) is 0 Å². The van der Waals surface area contributed by atoms with Crippen molar-refractivity contribution in [1.29, 1.82) is 0 Å². The van der Waals surface area contributed by atoms with Gasteiger partial charge in [-0.25, -0.2) is 4.79 Å². The van der Waals surface area contributed by atoms with Gasteiger partial charge in [0.05, 0.1) is 12.2 Å². The van der Waals surface area contributed by atoms with E-state index in [0.717, 1.165) is 0 Å². The van der Waals surface area contributed by atoms with E-state index in [9.17, 15) is 9.59 Å². The third-order valence-electron chi connectivity index (χ3n) is 3.44. The first-order valence-corrected chi connectivity index (χ1v) is 8.73. The molecule has 0 aliphatic carbocycles. The third kappa shape index (κ3) is 6.08. The largest absolute Gasteiger partial charge is 0.493 e.